The van der Waals surface area contributed by atoms with Gasteiger partial charge in [0.25, 0.3) is 0 Å². The number of nitriles is 1. The van der Waals surface area contributed by atoms with Crippen LogP contribution < -0.4 is 0 Å². The van der Waals surface area contributed by atoms with Crippen LogP contribution in [0.1, 0.15) is 12.5 Å². The molecule has 0 aliphatic heterocycles. The molecule has 0 aliphatic carbocycles. The molecule has 1 aromatic rings. The Morgan fingerprint density at radius 1 is 1.43 bits per heavy atom. The van der Waals surface area contributed by atoms with E-state index in [-0.39, 0.29) is 0 Å². The molecule has 0 bridgehead atoms. The van der Waals surface area contributed by atoms with Gasteiger partial charge in [0.2, 0.25) is 0 Å². The second-order valence-corrected chi connectivity index (χ2v) is 4.84. The zero-order valence-corrected chi connectivity index (χ0v) is 10.8. The van der Waals surface area contributed by atoms with E-state index >= 15 is 0 Å². The number of thiocyanates is 1. The van der Waals surface area contributed by atoms with Gasteiger partial charge in [-0.25, -0.2) is 0 Å². The molecule has 0 fully saturated rings. The lowest BCUT2D eigenvalue weighted by Gasteiger charge is -2.04. The van der Waals surface area contributed by atoms with Crippen molar-refractivity contribution in [3.63, 3.8) is 0 Å². The highest BCUT2D eigenvalue weighted by atomic mass is 127. The zero-order chi connectivity index (χ0) is 10.4. The Hall–Kier alpha value is -0.470. The summed E-state index contributed by atoms with van der Waals surface area (Å²) in [5.41, 5.74) is 2.49. The molecule has 14 heavy (non-hydrogen) atoms. The molecule has 3 heteroatoms. The number of benzene rings is 1. The number of hydrogen-bond donors (Lipinski definition) is 0. The summed E-state index contributed by atoms with van der Waals surface area (Å²) in [5, 5.41) is 10.5. The highest BCUT2D eigenvalue weighted by Crippen LogP contribution is 2.25. The first-order chi connectivity index (χ1) is 6.75. The van der Waals surface area contributed by atoms with Gasteiger partial charge in [-0.2, -0.15) is 5.26 Å². The van der Waals surface area contributed by atoms with Crippen molar-refractivity contribution in [2.24, 2.45) is 0 Å². The maximum atomic E-state index is 8.45. The Labute approximate surface area is 102 Å². The number of nitrogens with zero attached hydrogens (tertiary/aromatic N) is 1. The van der Waals surface area contributed by atoms with Crippen molar-refractivity contribution in [2.75, 3.05) is 5.75 Å². The topological polar surface area (TPSA) is 23.8 Å². The molecule has 0 heterocycles. The largest absolute Gasteiger partial charge is 0.185 e. The zero-order valence-electron chi connectivity index (χ0n) is 7.83. The minimum Gasteiger partial charge on any atom is -0.185 e. The number of rotatable bonds is 3. The molecule has 1 rings (SSSR count). The van der Waals surface area contributed by atoms with Crippen LogP contribution in [0.4, 0.5) is 0 Å². The molecule has 0 saturated carbocycles. The summed E-state index contributed by atoms with van der Waals surface area (Å²) in [6, 6.07) is 10.2. The van der Waals surface area contributed by atoms with Crippen LogP contribution in [0.2, 0.25) is 0 Å². The lowest BCUT2D eigenvalue weighted by molar-refractivity contribution is 1.54. The molecule has 1 nitrogen and oxygen atoms in total. The molecule has 72 valence electrons. The van der Waals surface area contributed by atoms with Crippen LogP contribution in [0, 0.1) is 10.7 Å². The van der Waals surface area contributed by atoms with E-state index < -0.39 is 0 Å². The molecule has 0 unspecified atom stereocenters. The molecule has 0 aliphatic rings. The highest BCUT2D eigenvalue weighted by molar-refractivity contribution is 14.1. The first-order valence-corrected chi connectivity index (χ1v) is 6.23. The number of thioether (sulfide) groups is 1. The lowest BCUT2D eigenvalue weighted by atomic mass is 10.1. The van der Waals surface area contributed by atoms with Crippen LogP contribution in [-0.2, 0) is 0 Å². The fourth-order valence-corrected chi connectivity index (χ4v) is 2.23. The van der Waals surface area contributed by atoms with Crippen molar-refractivity contribution in [1.82, 2.24) is 0 Å². The quantitative estimate of drug-likeness (QED) is 0.620. The molecule has 0 atom stereocenters. The van der Waals surface area contributed by atoms with Gasteiger partial charge >= 0.3 is 0 Å². The summed E-state index contributed by atoms with van der Waals surface area (Å²) < 4.78 is 1.24. The Morgan fingerprint density at radius 3 is 2.64 bits per heavy atom. The molecule has 0 amide bonds. The Bertz CT molecular complexity index is 365. The molecule has 0 spiro atoms. The van der Waals surface area contributed by atoms with Gasteiger partial charge in [-0.1, -0.05) is 30.3 Å². The third-order valence-corrected chi connectivity index (χ3v) is 4.15. The van der Waals surface area contributed by atoms with Gasteiger partial charge in [0, 0.05) is 9.33 Å². The van der Waals surface area contributed by atoms with E-state index in [0.29, 0.717) is 0 Å². The normalized spacial score (nSPS) is 11.8. The Kier molecular flexibility index (Phi) is 5.05. The van der Waals surface area contributed by atoms with Crippen molar-refractivity contribution < 1.29 is 0 Å². The lowest BCUT2D eigenvalue weighted by Crippen LogP contribution is -1.84. The average molecular weight is 315 g/mol. The summed E-state index contributed by atoms with van der Waals surface area (Å²) in [6.45, 7) is 2.09. The predicted octanol–water partition coefficient (Wildman–Crippen LogP) is 4.07. The SMILES string of the molecule is C/C(=C(/I)CSC#N)c1ccccc1. The van der Waals surface area contributed by atoms with E-state index in [1.807, 2.05) is 18.2 Å². The second kappa shape index (κ2) is 6.10. The van der Waals surface area contributed by atoms with E-state index in [4.69, 9.17) is 5.26 Å². The number of allylic oxidation sites excluding steroid dienone is 1. The molecule has 0 aromatic heterocycles. The third-order valence-electron chi connectivity index (χ3n) is 1.88. The van der Waals surface area contributed by atoms with E-state index in [1.165, 1.54) is 26.5 Å². The summed E-state index contributed by atoms with van der Waals surface area (Å²) in [6.07, 6.45) is 0. The van der Waals surface area contributed by atoms with Gasteiger partial charge in [0.1, 0.15) is 5.40 Å². The van der Waals surface area contributed by atoms with Gasteiger partial charge in [-0.3, -0.25) is 0 Å². The standard InChI is InChI=1S/C11H10INS/c1-9(11(12)7-14-8-13)10-5-3-2-4-6-10/h2-6H,7H2,1H3/b11-9-. The molecular formula is C11H10INS. The van der Waals surface area contributed by atoms with Crippen molar-refractivity contribution in [2.45, 2.75) is 6.92 Å². The Balaban J connectivity index is 2.83. The van der Waals surface area contributed by atoms with Crippen LogP contribution in [0.15, 0.2) is 33.9 Å². The summed E-state index contributed by atoms with van der Waals surface area (Å²) >= 11 is 3.58. The van der Waals surface area contributed by atoms with Gasteiger partial charge in [0.05, 0.1) is 0 Å². The van der Waals surface area contributed by atoms with Crippen LogP contribution in [0.25, 0.3) is 5.57 Å². The minimum absolute atomic E-state index is 0.776. The molecule has 1 aromatic carbocycles. The highest BCUT2D eigenvalue weighted by Gasteiger charge is 2.01. The van der Waals surface area contributed by atoms with Gasteiger partial charge in [-0.15, -0.1) is 0 Å². The van der Waals surface area contributed by atoms with Crippen molar-refractivity contribution >= 4 is 39.9 Å². The maximum absolute atomic E-state index is 8.45. The molecule has 0 saturated heterocycles. The van der Waals surface area contributed by atoms with Crippen LogP contribution >= 0.6 is 34.4 Å². The summed E-state index contributed by atoms with van der Waals surface area (Å²) in [4.78, 5) is 0. The van der Waals surface area contributed by atoms with E-state index in [9.17, 15) is 0 Å². The summed E-state index contributed by atoms with van der Waals surface area (Å²) in [5.74, 6) is 0.776. The molecule has 0 radical (unpaired) electrons. The van der Waals surface area contributed by atoms with E-state index in [0.717, 1.165) is 5.75 Å². The predicted molar refractivity (Wildman–Crippen MR) is 71.1 cm³/mol. The van der Waals surface area contributed by atoms with Crippen molar-refractivity contribution in [3.05, 3.63) is 39.5 Å². The Morgan fingerprint density at radius 2 is 2.07 bits per heavy atom. The third kappa shape index (κ3) is 3.35. The molecule has 0 N–H and O–H groups in total. The van der Waals surface area contributed by atoms with Crippen molar-refractivity contribution in [3.8, 4) is 5.40 Å². The van der Waals surface area contributed by atoms with Gasteiger partial charge < -0.3 is 0 Å². The van der Waals surface area contributed by atoms with Crippen molar-refractivity contribution in [1.29, 1.82) is 5.26 Å². The van der Waals surface area contributed by atoms with Gasteiger partial charge in [-0.05, 0) is 52.4 Å². The number of halogens is 1. The second-order valence-electron chi connectivity index (χ2n) is 2.78. The van der Waals surface area contributed by atoms with Gasteiger partial charge in [0.15, 0.2) is 0 Å². The van der Waals surface area contributed by atoms with E-state index in [1.54, 1.807) is 0 Å². The fourth-order valence-electron chi connectivity index (χ4n) is 1.05. The van der Waals surface area contributed by atoms with E-state index in [2.05, 4.69) is 47.0 Å². The monoisotopic (exact) mass is 315 g/mol. The van der Waals surface area contributed by atoms with Crippen LogP contribution in [-0.4, -0.2) is 5.75 Å². The minimum atomic E-state index is 0.776. The van der Waals surface area contributed by atoms with Crippen LogP contribution in [0.3, 0.4) is 0 Å². The fraction of sp³-hybridized carbons (Fsp3) is 0.182. The van der Waals surface area contributed by atoms with Crippen LogP contribution in [0.5, 0.6) is 0 Å². The molecular weight excluding hydrogens is 305 g/mol. The number of hydrogen-bond acceptors (Lipinski definition) is 2. The summed E-state index contributed by atoms with van der Waals surface area (Å²) in [7, 11) is 0. The smallest absolute Gasteiger partial charge is 0.133 e. The maximum Gasteiger partial charge on any atom is 0.133 e. The first kappa shape index (κ1) is 11.6. The first-order valence-electron chi connectivity index (χ1n) is 4.17. The average Bonchev–Trinajstić information content (AvgIpc) is 2.26.